The van der Waals surface area contributed by atoms with Crippen molar-refractivity contribution in [1.29, 1.82) is 0 Å². The largest absolute Gasteiger partial charge is 0.324 e. The van der Waals surface area contributed by atoms with Gasteiger partial charge in [0.2, 0.25) is 0 Å². The summed E-state index contributed by atoms with van der Waals surface area (Å²) >= 11 is 0. The predicted molar refractivity (Wildman–Crippen MR) is 83.5 cm³/mol. The molecule has 0 bridgehead atoms. The fraction of sp³-hybridized carbons (Fsp3) is 0.647. The second-order valence-corrected chi connectivity index (χ2v) is 6.61. The molecule has 1 saturated carbocycles. The highest BCUT2D eigenvalue weighted by atomic mass is 15.3. The summed E-state index contributed by atoms with van der Waals surface area (Å²) in [5, 5.41) is 0. The van der Waals surface area contributed by atoms with Crippen molar-refractivity contribution >= 4 is 0 Å². The zero-order valence-corrected chi connectivity index (χ0v) is 12.4. The van der Waals surface area contributed by atoms with E-state index in [9.17, 15) is 0 Å². The van der Waals surface area contributed by atoms with Gasteiger partial charge in [-0.2, -0.15) is 0 Å². The van der Waals surface area contributed by atoms with Crippen LogP contribution in [0.4, 0.5) is 0 Å². The summed E-state index contributed by atoms with van der Waals surface area (Å²) in [4.78, 5) is 5.14. The summed E-state index contributed by atoms with van der Waals surface area (Å²) < 4.78 is 0. The maximum Gasteiger partial charge on any atom is 0.0283 e. The lowest BCUT2D eigenvalue weighted by molar-refractivity contribution is 0.106. The lowest BCUT2D eigenvalue weighted by Gasteiger charge is -2.38. The van der Waals surface area contributed by atoms with Gasteiger partial charge in [-0.05, 0) is 18.4 Å². The van der Waals surface area contributed by atoms with Crippen molar-refractivity contribution in [3.8, 4) is 0 Å². The van der Waals surface area contributed by atoms with Gasteiger partial charge in [0.05, 0.1) is 0 Å². The SMILES string of the molecule is NC1(CN2CCN(Cc3ccccc3)CC2)CCCC1. The van der Waals surface area contributed by atoms with E-state index in [2.05, 4.69) is 40.1 Å². The standard InChI is InChI=1S/C17H27N3/c18-17(8-4-5-9-17)15-20-12-10-19(11-13-20)14-16-6-2-1-3-7-16/h1-3,6-7H,4-5,8-15,18H2. The minimum Gasteiger partial charge on any atom is -0.324 e. The van der Waals surface area contributed by atoms with Crippen LogP contribution in [0.15, 0.2) is 30.3 Å². The van der Waals surface area contributed by atoms with E-state index in [0.29, 0.717) is 0 Å². The first-order valence-corrected chi connectivity index (χ1v) is 8.01. The van der Waals surface area contributed by atoms with Crippen molar-refractivity contribution in [2.45, 2.75) is 37.8 Å². The van der Waals surface area contributed by atoms with Crippen LogP contribution < -0.4 is 5.73 Å². The zero-order chi connectivity index (χ0) is 13.8. The topological polar surface area (TPSA) is 32.5 Å². The normalized spacial score (nSPS) is 24.1. The van der Waals surface area contributed by atoms with E-state index in [1.54, 1.807) is 0 Å². The molecule has 2 fully saturated rings. The quantitative estimate of drug-likeness (QED) is 0.911. The second kappa shape index (κ2) is 6.25. The van der Waals surface area contributed by atoms with E-state index in [4.69, 9.17) is 5.73 Å². The Balaban J connectivity index is 1.45. The number of hydrogen-bond acceptors (Lipinski definition) is 3. The molecular formula is C17H27N3. The van der Waals surface area contributed by atoms with Crippen molar-refractivity contribution in [1.82, 2.24) is 9.80 Å². The number of rotatable bonds is 4. The van der Waals surface area contributed by atoms with Gasteiger partial charge < -0.3 is 5.73 Å². The first-order valence-electron chi connectivity index (χ1n) is 8.01. The van der Waals surface area contributed by atoms with Crippen LogP contribution in [0.25, 0.3) is 0 Å². The summed E-state index contributed by atoms with van der Waals surface area (Å²) in [6.07, 6.45) is 5.09. The number of nitrogens with two attached hydrogens (primary N) is 1. The van der Waals surface area contributed by atoms with E-state index in [0.717, 1.165) is 13.1 Å². The molecule has 0 radical (unpaired) electrons. The molecule has 3 rings (SSSR count). The van der Waals surface area contributed by atoms with Crippen LogP contribution in [0.3, 0.4) is 0 Å². The third-order valence-corrected chi connectivity index (χ3v) is 4.85. The molecule has 110 valence electrons. The minimum absolute atomic E-state index is 0.113. The van der Waals surface area contributed by atoms with Crippen LogP contribution in [0.2, 0.25) is 0 Å². The number of benzene rings is 1. The van der Waals surface area contributed by atoms with Gasteiger partial charge in [0.1, 0.15) is 0 Å². The molecule has 1 saturated heterocycles. The Kier molecular flexibility index (Phi) is 4.39. The molecule has 2 N–H and O–H groups in total. The average Bonchev–Trinajstić information content (AvgIpc) is 2.89. The van der Waals surface area contributed by atoms with Gasteiger partial charge in [0.15, 0.2) is 0 Å². The molecule has 1 aromatic carbocycles. The fourth-order valence-corrected chi connectivity index (χ4v) is 3.63. The summed E-state index contributed by atoms with van der Waals surface area (Å²) in [5.74, 6) is 0. The van der Waals surface area contributed by atoms with E-state index in [-0.39, 0.29) is 5.54 Å². The Morgan fingerprint density at radius 3 is 2.15 bits per heavy atom. The van der Waals surface area contributed by atoms with Gasteiger partial charge in [-0.3, -0.25) is 9.80 Å². The molecule has 1 aliphatic heterocycles. The molecule has 3 heteroatoms. The molecule has 2 aliphatic rings. The van der Waals surface area contributed by atoms with Crippen molar-refractivity contribution in [2.24, 2.45) is 5.73 Å². The van der Waals surface area contributed by atoms with Gasteiger partial charge in [-0.15, -0.1) is 0 Å². The number of hydrogen-bond donors (Lipinski definition) is 1. The van der Waals surface area contributed by atoms with Crippen LogP contribution in [0.5, 0.6) is 0 Å². The van der Waals surface area contributed by atoms with Gasteiger partial charge >= 0.3 is 0 Å². The maximum atomic E-state index is 6.49. The van der Waals surface area contributed by atoms with Crippen molar-refractivity contribution < 1.29 is 0 Å². The van der Waals surface area contributed by atoms with E-state index in [1.807, 2.05) is 0 Å². The summed E-state index contributed by atoms with van der Waals surface area (Å²) in [5.41, 5.74) is 8.03. The highest BCUT2D eigenvalue weighted by Gasteiger charge is 2.32. The zero-order valence-electron chi connectivity index (χ0n) is 12.4. The number of nitrogens with zero attached hydrogens (tertiary/aromatic N) is 2. The summed E-state index contributed by atoms with van der Waals surface area (Å²) in [6.45, 7) is 6.88. The molecule has 20 heavy (non-hydrogen) atoms. The Bertz CT molecular complexity index is 404. The van der Waals surface area contributed by atoms with Gasteiger partial charge in [-0.25, -0.2) is 0 Å². The van der Waals surface area contributed by atoms with E-state index >= 15 is 0 Å². The van der Waals surface area contributed by atoms with Crippen molar-refractivity contribution in [3.05, 3.63) is 35.9 Å². The third kappa shape index (κ3) is 3.60. The van der Waals surface area contributed by atoms with Crippen LogP contribution >= 0.6 is 0 Å². The molecule has 0 atom stereocenters. The smallest absolute Gasteiger partial charge is 0.0283 e. The second-order valence-electron chi connectivity index (χ2n) is 6.61. The highest BCUT2D eigenvalue weighted by molar-refractivity contribution is 5.14. The molecule has 1 heterocycles. The van der Waals surface area contributed by atoms with Gasteiger partial charge in [0.25, 0.3) is 0 Å². The molecule has 0 spiro atoms. The van der Waals surface area contributed by atoms with Gasteiger partial charge in [-0.1, -0.05) is 43.2 Å². The molecule has 1 aliphatic carbocycles. The summed E-state index contributed by atoms with van der Waals surface area (Å²) in [7, 11) is 0. The van der Waals surface area contributed by atoms with Crippen LogP contribution in [-0.2, 0) is 6.54 Å². The Labute approximate surface area is 122 Å². The van der Waals surface area contributed by atoms with Crippen molar-refractivity contribution in [3.63, 3.8) is 0 Å². The Hall–Kier alpha value is -0.900. The molecule has 0 unspecified atom stereocenters. The number of piperazine rings is 1. The van der Waals surface area contributed by atoms with E-state index in [1.165, 1.54) is 57.4 Å². The Morgan fingerprint density at radius 1 is 0.900 bits per heavy atom. The maximum absolute atomic E-state index is 6.49. The van der Waals surface area contributed by atoms with Crippen LogP contribution in [-0.4, -0.2) is 48.1 Å². The molecule has 0 aromatic heterocycles. The first-order chi connectivity index (χ1) is 9.73. The monoisotopic (exact) mass is 273 g/mol. The lowest BCUT2D eigenvalue weighted by atomic mass is 9.98. The van der Waals surface area contributed by atoms with Crippen LogP contribution in [0, 0.1) is 0 Å². The highest BCUT2D eigenvalue weighted by Crippen LogP contribution is 2.28. The lowest BCUT2D eigenvalue weighted by Crippen LogP contribution is -2.54. The van der Waals surface area contributed by atoms with E-state index < -0.39 is 0 Å². The molecule has 0 amide bonds. The predicted octanol–water partition coefficient (Wildman–Crippen LogP) is 2.08. The third-order valence-electron chi connectivity index (χ3n) is 4.85. The molecule has 3 nitrogen and oxygen atoms in total. The summed E-state index contributed by atoms with van der Waals surface area (Å²) in [6, 6.07) is 10.8. The van der Waals surface area contributed by atoms with Crippen LogP contribution in [0.1, 0.15) is 31.2 Å². The van der Waals surface area contributed by atoms with Crippen molar-refractivity contribution in [2.75, 3.05) is 32.7 Å². The van der Waals surface area contributed by atoms with Gasteiger partial charge in [0, 0.05) is 44.8 Å². The average molecular weight is 273 g/mol. The Morgan fingerprint density at radius 2 is 1.50 bits per heavy atom. The fourth-order valence-electron chi connectivity index (χ4n) is 3.63. The molecule has 1 aromatic rings. The first kappa shape index (κ1) is 14.1. The minimum atomic E-state index is 0.113. The molecular weight excluding hydrogens is 246 g/mol.